The second kappa shape index (κ2) is 2.86. The minimum atomic E-state index is -0.847. The molecule has 1 aromatic carbocycles. The molecule has 0 aromatic heterocycles. The van der Waals surface area contributed by atoms with Crippen molar-refractivity contribution < 1.29 is 5.11 Å². The van der Waals surface area contributed by atoms with Crippen molar-refractivity contribution >= 4 is 13.3 Å². The molecule has 3 heteroatoms. The van der Waals surface area contributed by atoms with Gasteiger partial charge in [0.1, 0.15) is 14.1 Å². The van der Waals surface area contributed by atoms with Gasteiger partial charge in [-0.2, -0.15) is 0 Å². The Morgan fingerprint density at radius 2 is 1.80 bits per heavy atom. The van der Waals surface area contributed by atoms with Gasteiger partial charge in [-0.25, -0.2) is 0 Å². The Kier molecular flexibility index (Phi) is 2.09. The van der Waals surface area contributed by atoms with Crippen LogP contribution in [0, 0.1) is 0 Å². The van der Waals surface area contributed by atoms with E-state index in [9.17, 15) is 0 Å². The van der Waals surface area contributed by atoms with Crippen LogP contribution in [0.2, 0.25) is 0 Å². The zero-order valence-corrected chi connectivity index (χ0v) is 5.91. The largest absolute Gasteiger partial charge is 0.375 e. The molecule has 1 unspecified atom stereocenters. The first kappa shape index (κ1) is 7.31. The zero-order chi connectivity index (χ0) is 7.56. The molecule has 0 aliphatic heterocycles. The van der Waals surface area contributed by atoms with Crippen molar-refractivity contribution in [2.45, 2.75) is 6.23 Å². The molecular weight excluding hydrogens is 125 g/mol. The fraction of sp³-hybridized carbons (Fsp3) is 0.143. The summed E-state index contributed by atoms with van der Waals surface area (Å²) < 4.78 is 0. The highest BCUT2D eigenvalue weighted by Gasteiger charge is 1.97. The minimum absolute atomic E-state index is 0.755. The van der Waals surface area contributed by atoms with Crippen LogP contribution in [0.1, 0.15) is 11.8 Å². The maximum absolute atomic E-state index is 8.89. The second-order valence-electron chi connectivity index (χ2n) is 2.36. The average Bonchev–Trinajstić information content (AvgIpc) is 1.88. The van der Waals surface area contributed by atoms with E-state index in [0.717, 1.165) is 5.56 Å². The van der Waals surface area contributed by atoms with Crippen molar-refractivity contribution in [2.24, 2.45) is 5.73 Å². The van der Waals surface area contributed by atoms with Crippen LogP contribution in [-0.2, 0) is 0 Å². The lowest BCUT2D eigenvalue weighted by Gasteiger charge is -2.03. The van der Waals surface area contributed by atoms with E-state index in [4.69, 9.17) is 10.8 Å². The van der Waals surface area contributed by atoms with E-state index >= 15 is 0 Å². The monoisotopic (exact) mass is 135 g/mol. The van der Waals surface area contributed by atoms with Crippen LogP contribution in [0.3, 0.4) is 0 Å². The Morgan fingerprint density at radius 3 is 2.20 bits per heavy atom. The molecule has 2 nitrogen and oxygen atoms in total. The van der Waals surface area contributed by atoms with Gasteiger partial charge in [0.25, 0.3) is 0 Å². The molecule has 3 N–H and O–H groups in total. The molecule has 10 heavy (non-hydrogen) atoms. The lowest BCUT2D eigenvalue weighted by molar-refractivity contribution is 0.186. The maximum atomic E-state index is 8.89. The van der Waals surface area contributed by atoms with Gasteiger partial charge < -0.3 is 10.8 Å². The molecule has 52 valence electrons. The van der Waals surface area contributed by atoms with Gasteiger partial charge in [0.15, 0.2) is 0 Å². The SMILES string of the molecule is Bc1ccc(C(N)O)cc1. The second-order valence-corrected chi connectivity index (χ2v) is 2.36. The fourth-order valence-corrected chi connectivity index (χ4v) is 0.764. The molecule has 1 aromatic rings. The van der Waals surface area contributed by atoms with Gasteiger partial charge in [-0.3, -0.25) is 0 Å². The van der Waals surface area contributed by atoms with Gasteiger partial charge >= 0.3 is 0 Å². The van der Waals surface area contributed by atoms with Crippen LogP contribution in [0.5, 0.6) is 0 Å². The predicted octanol–water partition coefficient (Wildman–Crippen LogP) is -1.11. The van der Waals surface area contributed by atoms with Gasteiger partial charge in [-0.05, 0) is 5.56 Å². The Morgan fingerprint density at radius 1 is 1.30 bits per heavy atom. The number of hydrogen-bond donors (Lipinski definition) is 2. The summed E-state index contributed by atoms with van der Waals surface area (Å²) in [5, 5.41) is 8.89. The first-order chi connectivity index (χ1) is 4.70. The summed E-state index contributed by atoms with van der Waals surface area (Å²) in [5.74, 6) is 0. The molecule has 0 spiro atoms. The molecule has 0 radical (unpaired) electrons. The van der Waals surface area contributed by atoms with E-state index in [2.05, 4.69) is 0 Å². The minimum Gasteiger partial charge on any atom is -0.375 e. The molecule has 0 amide bonds. The topological polar surface area (TPSA) is 46.2 Å². The number of nitrogens with two attached hydrogens (primary N) is 1. The zero-order valence-electron chi connectivity index (χ0n) is 5.91. The number of aliphatic hydroxyl groups excluding tert-OH is 1. The molecule has 0 saturated carbocycles. The third-order valence-corrected chi connectivity index (χ3v) is 1.42. The maximum Gasteiger partial charge on any atom is 0.139 e. The molecule has 0 heterocycles. The summed E-state index contributed by atoms with van der Waals surface area (Å²) in [6, 6.07) is 7.48. The summed E-state index contributed by atoms with van der Waals surface area (Å²) >= 11 is 0. The molecular formula is C7H10BNO. The van der Waals surface area contributed by atoms with E-state index in [1.807, 2.05) is 32.1 Å². The van der Waals surface area contributed by atoms with Crippen LogP contribution in [0.25, 0.3) is 0 Å². The third kappa shape index (κ3) is 1.59. The highest BCUT2D eigenvalue weighted by molar-refractivity contribution is 6.32. The highest BCUT2D eigenvalue weighted by atomic mass is 16.3. The van der Waals surface area contributed by atoms with Gasteiger partial charge in [-0.15, -0.1) is 0 Å². The number of aliphatic hydroxyl groups is 1. The molecule has 0 saturated heterocycles. The summed E-state index contributed by atoms with van der Waals surface area (Å²) in [6.07, 6.45) is -0.847. The van der Waals surface area contributed by atoms with Crippen LogP contribution < -0.4 is 11.2 Å². The first-order valence-electron chi connectivity index (χ1n) is 3.20. The lowest BCUT2D eigenvalue weighted by atomic mass is 9.95. The van der Waals surface area contributed by atoms with Crippen LogP contribution in [-0.4, -0.2) is 13.0 Å². The van der Waals surface area contributed by atoms with Gasteiger partial charge in [0.2, 0.25) is 0 Å². The lowest BCUT2D eigenvalue weighted by Crippen LogP contribution is -2.10. The molecule has 1 atom stereocenters. The van der Waals surface area contributed by atoms with E-state index in [0.29, 0.717) is 0 Å². The molecule has 0 aliphatic carbocycles. The summed E-state index contributed by atoms with van der Waals surface area (Å²) in [4.78, 5) is 0. The standard InChI is InChI=1S/C7H10BNO/c8-6-3-1-5(2-4-6)7(9)10/h1-4,7,10H,8-9H2. The van der Waals surface area contributed by atoms with Crippen molar-refractivity contribution in [3.63, 3.8) is 0 Å². The first-order valence-corrected chi connectivity index (χ1v) is 3.20. The Hall–Kier alpha value is -0.795. The van der Waals surface area contributed by atoms with Crippen molar-refractivity contribution in [2.75, 3.05) is 0 Å². The molecule has 0 fully saturated rings. The predicted molar refractivity (Wildman–Crippen MR) is 43.8 cm³/mol. The summed E-state index contributed by atoms with van der Waals surface area (Å²) in [7, 11) is 1.99. The van der Waals surface area contributed by atoms with Crippen molar-refractivity contribution in [1.82, 2.24) is 0 Å². The number of rotatable bonds is 1. The van der Waals surface area contributed by atoms with Crippen LogP contribution >= 0.6 is 0 Å². The Bertz CT molecular complexity index is 207. The molecule has 0 aliphatic rings. The van der Waals surface area contributed by atoms with E-state index in [-0.39, 0.29) is 0 Å². The highest BCUT2D eigenvalue weighted by Crippen LogP contribution is 2.02. The Balaban J connectivity index is 2.89. The van der Waals surface area contributed by atoms with Crippen LogP contribution in [0.4, 0.5) is 0 Å². The third-order valence-electron chi connectivity index (χ3n) is 1.42. The van der Waals surface area contributed by atoms with Crippen molar-refractivity contribution in [3.05, 3.63) is 29.8 Å². The van der Waals surface area contributed by atoms with Gasteiger partial charge in [0, 0.05) is 0 Å². The summed E-state index contributed by atoms with van der Waals surface area (Å²) in [6.45, 7) is 0. The van der Waals surface area contributed by atoms with Gasteiger partial charge in [0.05, 0.1) is 0 Å². The molecule has 0 bridgehead atoms. The van der Waals surface area contributed by atoms with E-state index in [1.54, 1.807) is 0 Å². The molecule has 1 rings (SSSR count). The summed E-state index contributed by atoms with van der Waals surface area (Å²) in [5.41, 5.74) is 7.15. The van der Waals surface area contributed by atoms with E-state index < -0.39 is 6.23 Å². The number of benzene rings is 1. The number of hydrogen-bond acceptors (Lipinski definition) is 2. The van der Waals surface area contributed by atoms with Gasteiger partial charge in [-0.1, -0.05) is 29.7 Å². The van der Waals surface area contributed by atoms with Crippen molar-refractivity contribution in [1.29, 1.82) is 0 Å². The quantitative estimate of drug-likeness (QED) is 0.379. The fourth-order valence-electron chi connectivity index (χ4n) is 0.764. The Labute approximate surface area is 61.1 Å². The van der Waals surface area contributed by atoms with Crippen LogP contribution in [0.15, 0.2) is 24.3 Å². The van der Waals surface area contributed by atoms with E-state index in [1.165, 1.54) is 5.46 Å². The average molecular weight is 135 g/mol. The van der Waals surface area contributed by atoms with Crippen molar-refractivity contribution in [3.8, 4) is 0 Å². The smallest absolute Gasteiger partial charge is 0.139 e. The normalized spacial score (nSPS) is 13.0.